The minimum Gasteiger partial charge on any atom is -0.339 e. The smallest absolute Gasteiger partial charge is 0.227 e. The van der Waals surface area contributed by atoms with Gasteiger partial charge in [-0.2, -0.15) is 4.98 Å². The highest BCUT2D eigenvalue weighted by Crippen LogP contribution is 2.19. The number of para-hydroxylation sites is 1. The molecule has 1 aromatic heterocycles. The Balaban J connectivity index is 1.61. The zero-order valence-electron chi connectivity index (χ0n) is 12.8. The second-order valence-corrected chi connectivity index (χ2v) is 5.17. The van der Waals surface area contributed by atoms with Crippen molar-refractivity contribution in [3.05, 3.63) is 65.8 Å². The van der Waals surface area contributed by atoms with Gasteiger partial charge in [0.2, 0.25) is 17.6 Å². The van der Waals surface area contributed by atoms with Crippen molar-refractivity contribution in [3.8, 4) is 11.4 Å². The number of hydrogen-bond donors (Lipinski definition) is 1. The van der Waals surface area contributed by atoms with Gasteiger partial charge < -0.3 is 9.84 Å². The molecule has 8 heteroatoms. The maximum absolute atomic E-state index is 13.5. The number of halogens is 3. The van der Waals surface area contributed by atoms with Gasteiger partial charge in [-0.3, -0.25) is 4.79 Å². The first kappa shape index (κ1) is 16.7. The zero-order chi connectivity index (χ0) is 17.8. The first-order valence-electron chi connectivity index (χ1n) is 7.35. The van der Waals surface area contributed by atoms with E-state index in [4.69, 9.17) is 4.52 Å². The summed E-state index contributed by atoms with van der Waals surface area (Å²) >= 11 is 0. The predicted molar refractivity (Wildman–Crippen MR) is 83.0 cm³/mol. The average Bonchev–Trinajstić information content (AvgIpc) is 3.06. The van der Waals surface area contributed by atoms with Crippen LogP contribution in [0.5, 0.6) is 0 Å². The maximum atomic E-state index is 13.5. The molecule has 0 saturated heterocycles. The van der Waals surface area contributed by atoms with Crippen molar-refractivity contribution in [2.24, 2.45) is 0 Å². The lowest BCUT2D eigenvalue weighted by Gasteiger charge is -2.06. The Morgan fingerprint density at radius 2 is 1.80 bits per heavy atom. The largest absolute Gasteiger partial charge is 0.339 e. The summed E-state index contributed by atoms with van der Waals surface area (Å²) in [6, 6.07) is 8.96. The molecule has 0 bridgehead atoms. The number of benzene rings is 2. The molecule has 1 heterocycles. The number of carbonyl (C=O) groups is 1. The van der Waals surface area contributed by atoms with Crippen molar-refractivity contribution >= 4 is 11.6 Å². The van der Waals surface area contributed by atoms with Crippen LogP contribution in [-0.4, -0.2) is 16.0 Å². The first-order valence-corrected chi connectivity index (χ1v) is 7.35. The van der Waals surface area contributed by atoms with Crippen LogP contribution in [0, 0.1) is 17.5 Å². The fourth-order valence-electron chi connectivity index (χ4n) is 2.14. The van der Waals surface area contributed by atoms with E-state index in [2.05, 4.69) is 15.5 Å². The monoisotopic (exact) mass is 347 g/mol. The summed E-state index contributed by atoms with van der Waals surface area (Å²) in [4.78, 5) is 15.9. The van der Waals surface area contributed by atoms with E-state index in [-0.39, 0.29) is 24.6 Å². The molecular formula is C17H12F3N3O2. The highest BCUT2D eigenvalue weighted by Gasteiger charge is 2.14. The molecule has 0 aliphatic rings. The average molecular weight is 347 g/mol. The quantitative estimate of drug-likeness (QED) is 0.764. The number of nitrogens with one attached hydrogen (secondary N) is 1. The Kier molecular flexibility index (Phi) is 4.78. The molecule has 0 aliphatic carbocycles. The van der Waals surface area contributed by atoms with Gasteiger partial charge in [0.1, 0.15) is 23.1 Å². The van der Waals surface area contributed by atoms with Gasteiger partial charge in [-0.25, -0.2) is 13.2 Å². The number of amides is 1. The van der Waals surface area contributed by atoms with Gasteiger partial charge in [0.25, 0.3) is 0 Å². The molecule has 0 aliphatic heterocycles. The molecule has 0 saturated carbocycles. The predicted octanol–water partition coefficient (Wildman–Crippen LogP) is 3.73. The van der Waals surface area contributed by atoms with Crippen molar-refractivity contribution in [1.29, 1.82) is 0 Å². The molecule has 2 aromatic carbocycles. The molecule has 0 spiro atoms. The van der Waals surface area contributed by atoms with Gasteiger partial charge in [-0.15, -0.1) is 0 Å². The van der Waals surface area contributed by atoms with Crippen LogP contribution in [0.2, 0.25) is 0 Å². The van der Waals surface area contributed by atoms with E-state index < -0.39 is 29.0 Å². The number of aryl methyl sites for hydroxylation is 1. The summed E-state index contributed by atoms with van der Waals surface area (Å²) in [7, 11) is 0. The van der Waals surface area contributed by atoms with E-state index >= 15 is 0 Å². The van der Waals surface area contributed by atoms with Crippen LogP contribution in [-0.2, 0) is 11.2 Å². The fraction of sp³-hybridized carbons (Fsp3) is 0.118. The summed E-state index contributed by atoms with van der Waals surface area (Å²) in [5.74, 6) is -2.41. The second kappa shape index (κ2) is 7.16. The highest BCUT2D eigenvalue weighted by atomic mass is 19.1. The standard InChI is InChI=1S/C17H12F3N3O2/c18-11-4-1-3-10(9-11)17-22-15(25-23-17)8-7-14(24)21-16-12(19)5-2-6-13(16)20/h1-6,9H,7-8H2,(H,21,24). The van der Waals surface area contributed by atoms with E-state index in [1.807, 2.05) is 0 Å². The van der Waals surface area contributed by atoms with Crippen molar-refractivity contribution < 1.29 is 22.5 Å². The zero-order valence-corrected chi connectivity index (χ0v) is 12.8. The van der Waals surface area contributed by atoms with Crippen LogP contribution in [0.25, 0.3) is 11.4 Å². The molecule has 0 unspecified atom stereocenters. The van der Waals surface area contributed by atoms with Crippen LogP contribution < -0.4 is 5.32 Å². The number of nitrogens with zero attached hydrogens (tertiary/aromatic N) is 2. The summed E-state index contributed by atoms with van der Waals surface area (Å²) in [5.41, 5.74) is -0.0636. The molecule has 25 heavy (non-hydrogen) atoms. The van der Waals surface area contributed by atoms with E-state index in [1.165, 1.54) is 24.3 Å². The third-order valence-electron chi connectivity index (χ3n) is 3.34. The minimum absolute atomic E-state index is 0.0736. The summed E-state index contributed by atoms with van der Waals surface area (Å²) in [6.45, 7) is 0. The Morgan fingerprint density at radius 3 is 2.52 bits per heavy atom. The number of carbonyl (C=O) groups excluding carboxylic acids is 1. The number of hydrogen-bond acceptors (Lipinski definition) is 4. The van der Waals surface area contributed by atoms with Crippen molar-refractivity contribution in [3.63, 3.8) is 0 Å². The van der Waals surface area contributed by atoms with Crippen LogP contribution in [0.4, 0.5) is 18.9 Å². The van der Waals surface area contributed by atoms with Gasteiger partial charge in [-0.05, 0) is 24.3 Å². The van der Waals surface area contributed by atoms with Gasteiger partial charge in [0.05, 0.1) is 0 Å². The molecule has 3 aromatic rings. The van der Waals surface area contributed by atoms with E-state index in [0.29, 0.717) is 5.56 Å². The minimum atomic E-state index is -0.862. The van der Waals surface area contributed by atoms with Crippen molar-refractivity contribution in [2.75, 3.05) is 5.32 Å². The molecule has 0 radical (unpaired) electrons. The maximum Gasteiger partial charge on any atom is 0.227 e. The fourth-order valence-corrected chi connectivity index (χ4v) is 2.14. The topological polar surface area (TPSA) is 68.0 Å². The van der Waals surface area contributed by atoms with Gasteiger partial charge in [0.15, 0.2) is 0 Å². The summed E-state index contributed by atoms with van der Waals surface area (Å²) in [5, 5.41) is 5.88. The van der Waals surface area contributed by atoms with Crippen molar-refractivity contribution in [1.82, 2.24) is 10.1 Å². The van der Waals surface area contributed by atoms with E-state index in [1.54, 1.807) is 6.07 Å². The van der Waals surface area contributed by atoms with Gasteiger partial charge in [-0.1, -0.05) is 23.4 Å². The number of aromatic nitrogens is 2. The lowest BCUT2D eigenvalue weighted by atomic mass is 10.2. The molecule has 1 N–H and O–H groups in total. The Bertz CT molecular complexity index is 891. The van der Waals surface area contributed by atoms with E-state index in [9.17, 15) is 18.0 Å². The Morgan fingerprint density at radius 1 is 1.08 bits per heavy atom. The van der Waals surface area contributed by atoms with Gasteiger partial charge >= 0.3 is 0 Å². The number of rotatable bonds is 5. The van der Waals surface area contributed by atoms with Crippen LogP contribution in [0.15, 0.2) is 47.0 Å². The molecular weight excluding hydrogens is 335 g/mol. The van der Waals surface area contributed by atoms with Gasteiger partial charge in [0, 0.05) is 18.4 Å². The molecule has 0 atom stereocenters. The Hall–Kier alpha value is -3.16. The molecule has 0 fully saturated rings. The van der Waals surface area contributed by atoms with Crippen molar-refractivity contribution in [2.45, 2.75) is 12.8 Å². The SMILES string of the molecule is O=C(CCc1nc(-c2cccc(F)c2)no1)Nc1c(F)cccc1F. The molecule has 1 amide bonds. The Labute approximate surface area is 140 Å². The van der Waals surface area contributed by atoms with Crippen LogP contribution >= 0.6 is 0 Å². The molecule has 3 rings (SSSR count). The van der Waals surface area contributed by atoms with Crippen LogP contribution in [0.3, 0.4) is 0 Å². The third-order valence-corrected chi connectivity index (χ3v) is 3.34. The number of anilines is 1. The lowest BCUT2D eigenvalue weighted by molar-refractivity contribution is -0.116. The first-order chi connectivity index (χ1) is 12.0. The van der Waals surface area contributed by atoms with E-state index in [0.717, 1.165) is 12.1 Å². The highest BCUT2D eigenvalue weighted by molar-refractivity contribution is 5.91. The van der Waals surface area contributed by atoms with Crippen LogP contribution in [0.1, 0.15) is 12.3 Å². The third kappa shape index (κ3) is 4.03. The summed E-state index contributed by atoms with van der Waals surface area (Å²) < 4.78 is 45.1. The molecule has 5 nitrogen and oxygen atoms in total. The molecule has 128 valence electrons. The normalized spacial score (nSPS) is 10.7. The second-order valence-electron chi connectivity index (χ2n) is 5.17. The lowest BCUT2D eigenvalue weighted by Crippen LogP contribution is -2.14. The summed E-state index contributed by atoms with van der Waals surface area (Å²) in [6.07, 6.45) is -0.0389.